The molecule has 0 fully saturated rings. The molecule has 9 nitrogen and oxygen atoms in total. The number of aliphatic carboxylic acids is 1. The molecule has 1 aliphatic rings. The number of rotatable bonds is 3. The zero-order valence-electron chi connectivity index (χ0n) is 19.5. The summed E-state index contributed by atoms with van der Waals surface area (Å²) < 4.78 is 31.7. The number of fused-ring (bicyclic) bond motifs is 1. The first kappa shape index (κ1) is 27.5. The lowest BCUT2D eigenvalue weighted by Crippen LogP contribution is -2.21. The van der Waals surface area contributed by atoms with E-state index < -0.39 is 12.1 Å². The van der Waals surface area contributed by atoms with E-state index >= 15 is 0 Å². The average Bonchev–Trinajstić information content (AvgIpc) is 3.23. The molecule has 0 bridgehead atoms. The molecule has 2 aromatic carbocycles. The molecular formula is C25H16ClF3N6O3S. The van der Waals surface area contributed by atoms with Gasteiger partial charge in [-0.3, -0.25) is 9.78 Å². The monoisotopic (exact) mass is 572 g/mol. The molecule has 5 rings (SSSR count). The number of carboxylic acids is 1. The zero-order chi connectivity index (χ0) is 28.2. The minimum atomic E-state index is -5.08. The fourth-order valence-corrected chi connectivity index (χ4v) is 4.19. The van der Waals surface area contributed by atoms with Crippen LogP contribution in [-0.2, 0) is 9.59 Å². The lowest BCUT2D eigenvalue weighted by molar-refractivity contribution is -0.192. The van der Waals surface area contributed by atoms with Crippen molar-refractivity contribution in [2.24, 2.45) is 4.99 Å². The molecule has 0 spiro atoms. The Morgan fingerprint density at radius 2 is 1.77 bits per heavy atom. The van der Waals surface area contributed by atoms with Gasteiger partial charge in [0.15, 0.2) is 5.17 Å². The number of nitrogens with two attached hydrogens (primary N) is 1. The Kier molecular flexibility index (Phi) is 8.12. The number of nitrogen functional groups attached to an aromatic ring is 1. The third-order valence-electron chi connectivity index (χ3n) is 5.00. The molecule has 4 N–H and O–H groups in total. The number of aliphatic imine (C=N–C) groups is 1. The number of pyridine rings is 1. The van der Waals surface area contributed by atoms with E-state index in [1.807, 2.05) is 48.5 Å². The number of hydrogen-bond donors (Lipinski definition) is 3. The Bertz CT molecular complexity index is 1630. The first-order chi connectivity index (χ1) is 18.5. The van der Waals surface area contributed by atoms with Crippen LogP contribution in [0, 0.1) is 0 Å². The lowest BCUT2D eigenvalue weighted by atomic mass is 10.1. The van der Waals surface area contributed by atoms with Crippen molar-refractivity contribution in [1.82, 2.24) is 15.0 Å². The molecule has 4 aromatic rings. The normalized spacial score (nSPS) is 14.1. The highest BCUT2D eigenvalue weighted by Crippen LogP contribution is 2.33. The molecule has 14 heteroatoms. The summed E-state index contributed by atoms with van der Waals surface area (Å²) in [6, 6.07) is 15.2. The van der Waals surface area contributed by atoms with Crippen molar-refractivity contribution in [3.8, 4) is 11.1 Å². The van der Waals surface area contributed by atoms with E-state index in [0.717, 1.165) is 27.6 Å². The Morgan fingerprint density at radius 3 is 2.46 bits per heavy atom. The number of nitrogens with zero attached hydrogens (tertiary/aromatic N) is 4. The first-order valence-electron chi connectivity index (χ1n) is 10.8. The van der Waals surface area contributed by atoms with Gasteiger partial charge in [0.1, 0.15) is 0 Å². The SMILES string of the molecule is Nc1ncc(-c2ccc(Cl)c(NC3=NC(=O)/C(=C/c4ccc5ncccc5c4)S3)c2)cn1.O=C(O)C(F)(F)F. The summed E-state index contributed by atoms with van der Waals surface area (Å²) in [4.78, 5) is 38.4. The van der Waals surface area contributed by atoms with Gasteiger partial charge in [-0.15, -0.1) is 0 Å². The van der Waals surface area contributed by atoms with Crippen LogP contribution in [0.15, 0.2) is 77.0 Å². The average molecular weight is 573 g/mol. The van der Waals surface area contributed by atoms with Gasteiger partial charge in [0.05, 0.1) is 21.1 Å². The summed E-state index contributed by atoms with van der Waals surface area (Å²) in [5, 5.41) is 12.2. The van der Waals surface area contributed by atoms with Gasteiger partial charge < -0.3 is 16.2 Å². The van der Waals surface area contributed by atoms with Crippen LogP contribution in [-0.4, -0.2) is 43.3 Å². The highest BCUT2D eigenvalue weighted by atomic mass is 35.5. The molecule has 1 amide bonds. The molecule has 0 unspecified atom stereocenters. The minimum absolute atomic E-state index is 0.207. The number of amides is 1. The molecule has 3 heterocycles. The van der Waals surface area contributed by atoms with Crippen molar-refractivity contribution >= 4 is 69.0 Å². The number of halogens is 4. The highest BCUT2D eigenvalue weighted by Gasteiger charge is 2.38. The molecule has 0 atom stereocenters. The number of aromatic nitrogens is 3. The first-order valence-corrected chi connectivity index (χ1v) is 12.0. The molecule has 0 saturated heterocycles. The Balaban J connectivity index is 0.000000448. The van der Waals surface area contributed by atoms with Crippen LogP contribution in [0.3, 0.4) is 0 Å². The largest absolute Gasteiger partial charge is 0.490 e. The molecule has 2 aromatic heterocycles. The van der Waals surface area contributed by atoms with Crippen molar-refractivity contribution in [2.45, 2.75) is 6.18 Å². The van der Waals surface area contributed by atoms with Gasteiger partial charge in [-0.2, -0.15) is 18.2 Å². The topological polar surface area (TPSA) is 143 Å². The number of carbonyl (C=O) groups excluding carboxylic acids is 1. The van der Waals surface area contributed by atoms with Crippen LogP contribution >= 0.6 is 23.4 Å². The van der Waals surface area contributed by atoms with Crippen LogP contribution in [0.2, 0.25) is 5.02 Å². The van der Waals surface area contributed by atoms with E-state index in [2.05, 4.69) is 25.3 Å². The van der Waals surface area contributed by atoms with E-state index in [-0.39, 0.29) is 11.9 Å². The predicted molar refractivity (Wildman–Crippen MR) is 144 cm³/mol. The van der Waals surface area contributed by atoms with Crippen LogP contribution in [0.25, 0.3) is 28.1 Å². The number of thioether (sulfide) groups is 1. The second kappa shape index (κ2) is 11.5. The molecule has 39 heavy (non-hydrogen) atoms. The summed E-state index contributed by atoms with van der Waals surface area (Å²) in [5.41, 5.74) is 9.64. The smallest absolute Gasteiger partial charge is 0.475 e. The highest BCUT2D eigenvalue weighted by molar-refractivity contribution is 8.18. The lowest BCUT2D eigenvalue weighted by Gasteiger charge is -2.09. The van der Waals surface area contributed by atoms with Crippen molar-refractivity contribution in [3.05, 3.63) is 82.6 Å². The van der Waals surface area contributed by atoms with E-state index in [1.165, 1.54) is 11.8 Å². The molecular weight excluding hydrogens is 557 g/mol. The Morgan fingerprint density at radius 1 is 1.05 bits per heavy atom. The number of benzene rings is 2. The number of carboxylic acid groups (broad SMARTS) is 1. The van der Waals surface area contributed by atoms with Crippen molar-refractivity contribution in [3.63, 3.8) is 0 Å². The van der Waals surface area contributed by atoms with Crippen LogP contribution in [0.4, 0.5) is 24.8 Å². The van der Waals surface area contributed by atoms with Gasteiger partial charge in [0.25, 0.3) is 5.91 Å². The van der Waals surface area contributed by atoms with Crippen molar-refractivity contribution < 1.29 is 27.9 Å². The van der Waals surface area contributed by atoms with E-state index in [4.69, 9.17) is 27.2 Å². The van der Waals surface area contributed by atoms with Crippen molar-refractivity contribution in [1.29, 1.82) is 0 Å². The van der Waals surface area contributed by atoms with E-state index in [1.54, 1.807) is 24.7 Å². The Labute approximate surface area is 227 Å². The van der Waals surface area contributed by atoms with E-state index in [0.29, 0.717) is 20.8 Å². The number of alkyl halides is 3. The number of carbonyl (C=O) groups is 2. The van der Waals surface area contributed by atoms with Crippen molar-refractivity contribution in [2.75, 3.05) is 11.1 Å². The maximum atomic E-state index is 12.5. The summed E-state index contributed by atoms with van der Waals surface area (Å²) in [5.74, 6) is -2.85. The van der Waals surface area contributed by atoms with Crippen LogP contribution in [0.1, 0.15) is 5.56 Å². The number of hydrogen-bond acceptors (Lipinski definition) is 8. The molecule has 0 saturated carbocycles. The minimum Gasteiger partial charge on any atom is -0.475 e. The standard InChI is InChI=1S/C23H15ClN6OS.C2HF3O2/c24-17-5-4-14(16-11-27-22(25)28-12-16)10-19(17)29-23-30-21(31)20(32-23)9-13-3-6-18-15(8-13)2-1-7-26-18;3-2(4,5)1(6)7/h1-12H,(H2,25,27,28)(H,29,30,31);(H,6,7)/b20-9-;. The fourth-order valence-electron chi connectivity index (χ4n) is 3.20. The molecule has 1 aliphatic heterocycles. The van der Waals surface area contributed by atoms with Gasteiger partial charge in [-0.25, -0.2) is 14.8 Å². The third-order valence-corrected chi connectivity index (χ3v) is 6.23. The molecule has 0 aliphatic carbocycles. The van der Waals surface area contributed by atoms with Gasteiger partial charge in [-0.1, -0.05) is 29.8 Å². The van der Waals surface area contributed by atoms with Gasteiger partial charge in [0.2, 0.25) is 5.95 Å². The predicted octanol–water partition coefficient (Wildman–Crippen LogP) is 5.64. The van der Waals surface area contributed by atoms with E-state index in [9.17, 15) is 18.0 Å². The van der Waals surface area contributed by atoms with Crippen LogP contribution < -0.4 is 11.1 Å². The molecule has 198 valence electrons. The van der Waals surface area contributed by atoms with Gasteiger partial charge >= 0.3 is 12.1 Å². The maximum Gasteiger partial charge on any atom is 0.490 e. The Hall–Kier alpha value is -4.49. The van der Waals surface area contributed by atoms with Crippen LogP contribution in [0.5, 0.6) is 0 Å². The molecule has 0 radical (unpaired) electrons. The summed E-state index contributed by atoms with van der Waals surface area (Å²) in [7, 11) is 0. The fraction of sp³-hybridized carbons (Fsp3) is 0.0400. The van der Waals surface area contributed by atoms with Gasteiger partial charge in [0, 0.05) is 29.5 Å². The van der Waals surface area contributed by atoms with Gasteiger partial charge in [-0.05, 0) is 59.3 Å². The maximum absolute atomic E-state index is 12.5. The second-order valence-electron chi connectivity index (χ2n) is 7.74. The summed E-state index contributed by atoms with van der Waals surface area (Å²) >= 11 is 7.62. The second-order valence-corrected chi connectivity index (χ2v) is 9.18. The zero-order valence-corrected chi connectivity index (χ0v) is 21.1. The number of anilines is 2. The third kappa shape index (κ3) is 7.09. The quantitative estimate of drug-likeness (QED) is 0.265. The number of nitrogens with one attached hydrogen (secondary N) is 1. The number of amidine groups is 1. The summed E-state index contributed by atoms with van der Waals surface area (Å²) in [6.45, 7) is 0. The summed E-state index contributed by atoms with van der Waals surface area (Å²) in [6.07, 6.45) is 1.77.